The van der Waals surface area contributed by atoms with Crippen LogP contribution in [-0.2, 0) is 22.7 Å². The fraction of sp³-hybridized carbons (Fsp3) is 0.229. The van der Waals surface area contributed by atoms with Crippen molar-refractivity contribution in [1.29, 1.82) is 0 Å². The molecule has 236 valence electrons. The molecule has 9 nitrogen and oxygen atoms in total. The van der Waals surface area contributed by atoms with Crippen LogP contribution in [0, 0.1) is 0 Å². The lowest BCUT2D eigenvalue weighted by atomic mass is 10.00. The van der Waals surface area contributed by atoms with E-state index in [1.165, 1.54) is 0 Å². The summed E-state index contributed by atoms with van der Waals surface area (Å²) in [6.07, 6.45) is 0.844. The number of rotatable bonds is 10. The van der Waals surface area contributed by atoms with Crippen LogP contribution in [0.3, 0.4) is 0 Å². The van der Waals surface area contributed by atoms with Crippen molar-refractivity contribution in [1.82, 2.24) is 20.4 Å². The second kappa shape index (κ2) is 13.0. The van der Waals surface area contributed by atoms with Gasteiger partial charge < -0.3 is 24.8 Å². The highest BCUT2D eigenvalue weighted by molar-refractivity contribution is 5.95. The molecule has 11 heteroatoms. The van der Waals surface area contributed by atoms with Crippen molar-refractivity contribution in [2.45, 2.75) is 45.1 Å². The van der Waals surface area contributed by atoms with Crippen LogP contribution in [0.1, 0.15) is 47.0 Å². The predicted molar refractivity (Wildman–Crippen MR) is 167 cm³/mol. The number of ether oxygens (including phenoxy) is 3. The molecule has 0 fully saturated rings. The summed E-state index contributed by atoms with van der Waals surface area (Å²) in [4.78, 5) is 25.1. The van der Waals surface area contributed by atoms with Crippen molar-refractivity contribution in [3.8, 4) is 17.2 Å². The van der Waals surface area contributed by atoms with Crippen molar-refractivity contribution in [2.75, 3.05) is 6.79 Å². The van der Waals surface area contributed by atoms with Gasteiger partial charge in [0.25, 0.3) is 11.8 Å². The summed E-state index contributed by atoms with van der Waals surface area (Å²) in [6.45, 7) is 3.05. The molecule has 0 radical (unpaired) electrons. The number of nitrogens with one attached hydrogen (secondary N) is 2. The number of carbonyl (C=O) groups is 2. The molecule has 4 aromatic carbocycles. The van der Waals surface area contributed by atoms with E-state index in [9.17, 15) is 18.4 Å². The highest BCUT2D eigenvalue weighted by Crippen LogP contribution is 2.33. The number of hydrogen-bond acceptors (Lipinski definition) is 6. The summed E-state index contributed by atoms with van der Waals surface area (Å²) in [7, 11) is 0. The van der Waals surface area contributed by atoms with Gasteiger partial charge in [-0.05, 0) is 60.5 Å². The zero-order valence-corrected chi connectivity index (χ0v) is 25.2. The normalized spacial score (nSPS) is 14.1. The molecular formula is C35H32F2N4O5. The zero-order valence-electron chi connectivity index (χ0n) is 25.2. The molecule has 1 aliphatic rings. The maximum atomic E-state index is 13.8. The smallest absolute Gasteiger partial charge is 0.321 e. The molecule has 0 unspecified atom stereocenters. The van der Waals surface area contributed by atoms with Crippen LogP contribution in [0.5, 0.6) is 11.5 Å². The zero-order chi connectivity index (χ0) is 32.3. The lowest BCUT2D eigenvalue weighted by Crippen LogP contribution is -2.46. The molecule has 2 amide bonds. The number of amides is 2. The molecule has 1 aromatic heterocycles. The minimum Gasteiger partial charge on any atom is -0.484 e. The predicted octanol–water partition coefficient (Wildman–Crippen LogP) is 6.10. The summed E-state index contributed by atoms with van der Waals surface area (Å²) >= 11 is 0. The Morgan fingerprint density at radius 2 is 1.85 bits per heavy atom. The largest absolute Gasteiger partial charge is 0.484 e. The van der Waals surface area contributed by atoms with Crippen LogP contribution in [-0.4, -0.2) is 40.4 Å². The second-order valence-corrected chi connectivity index (χ2v) is 11.2. The first-order valence-electron chi connectivity index (χ1n) is 14.7. The van der Waals surface area contributed by atoms with Gasteiger partial charge in [0.15, 0.2) is 6.79 Å². The molecule has 5 aromatic rings. The molecule has 1 aliphatic heterocycles. The van der Waals surface area contributed by atoms with Gasteiger partial charge in [-0.25, -0.2) is 4.68 Å². The first-order chi connectivity index (χ1) is 22.2. The van der Waals surface area contributed by atoms with Gasteiger partial charge in [-0.1, -0.05) is 48.5 Å². The third kappa shape index (κ3) is 6.84. The topological polar surface area (TPSA) is 104 Å². The van der Waals surface area contributed by atoms with Crippen molar-refractivity contribution in [3.05, 3.63) is 119 Å². The Morgan fingerprint density at radius 3 is 2.65 bits per heavy atom. The Morgan fingerprint density at radius 1 is 1.02 bits per heavy atom. The van der Waals surface area contributed by atoms with Gasteiger partial charge in [0.05, 0.1) is 30.0 Å². The highest BCUT2D eigenvalue weighted by Gasteiger charge is 2.35. The summed E-state index contributed by atoms with van der Waals surface area (Å²) < 4.78 is 46.6. The first-order valence-corrected chi connectivity index (χ1v) is 14.7. The maximum Gasteiger partial charge on any atom is 0.321 e. The second-order valence-electron chi connectivity index (χ2n) is 11.2. The SMILES string of the molecule is C[C@H](NC(=O)C(C)(F)F)[C@H](Oc1ccc2c(cnn2-c2cccc(C(=O)NCc3ccccc3)c2)c1)c1ccc2c(c1)OCOC2. The number of fused-ring (bicyclic) bond motifs is 2. The number of hydrogen-bond donors (Lipinski definition) is 2. The van der Waals surface area contributed by atoms with E-state index in [0.717, 1.165) is 22.0 Å². The molecule has 2 N–H and O–H groups in total. The van der Waals surface area contributed by atoms with Gasteiger partial charge in [0.1, 0.15) is 17.6 Å². The Balaban J connectivity index is 1.24. The van der Waals surface area contributed by atoms with Crippen LogP contribution in [0.4, 0.5) is 8.78 Å². The average molecular weight is 627 g/mol. The summed E-state index contributed by atoms with van der Waals surface area (Å²) in [6, 6.07) is 26.8. The molecule has 46 heavy (non-hydrogen) atoms. The molecule has 2 atom stereocenters. The van der Waals surface area contributed by atoms with Crippen LogP contribution in [0.2, 0.25) is 0 Å². The van der Waals surface area contributed by atoms with Gasteiger partial charge in [0, 0.05) is 30.0 Å². The maximum absolute atomic E-state index is 13.8. The lowest BCUT2D eigenvalue weighted by molar-refractivity contribution is -0.144. The standard InChI is InChI=1S/C35H32F2N4O5/c1-22(40-34(43)35(2,36)37)32(24-11-12-26-20-44-21-45-31(26)17-24)46-29-13-14-30-27(16-29)19-39-41(30)28-10-6-9-25(15-28)33(42)38-18-23-7-4-3-5-8-23/h3-17,19,22,32H,18,20-21H2,1-2H3,(H,38,42)(H,40,43)/t22-,32-/m0/s1. The van der Waals surface area contributed by atoms with E-state index in [4.69, 9.17) is 14.2 Å². The molecule has 2 heterocycles. The van der Waals surface area contributed by atoms with Crippen molar-refractivity contribution in [3.63, 3.8) is 0 Å². The van der Waals surface area contributed by atoms with Gasteiger partial charge in [0.2, 0.25) is 0 Å². The quantitative estimate of drug-likeness (QED) is 0.194. The molecule has 0 saturated carbocycles. The van der Waals surface area contributed by atoms with Gasteiger partial charge in [-0.2, -0.15) is 13.9 Å². The molecule has 0 aliphatic carbocycles. The highest BCUT2D eigenvalue weighted by atomic mass is 19.3. The van der Waals surface area contributed by atoms with Crippen LogP contribution < -0.4 is 20.1 Å². The number of nitrogens with zero attached hydrogens (tertiary/aromatic N) is 2. The molecule has 6 rings (SSSR count). The summed E-state index contributed by atoms with van der Waals surface area (Å²) in [5.74, 6) is -4.11. The fourth-order valence-corrected chi connectivity index (χ4v) is 5.22. The average Bonchev–Trinajstić information content (AvgIpc) is 3.49. The van der Waals surface area contributed by atoms with E-state index in [0.29, 0.717) is 48.4 Å². The van der Waals surface area contributed by atoms with Gasteiger partial charge >= 0.3 is 5.92 Å². The van der Waals surface area contributed by atoms with Crippen LogP contribution in [0.25, 0.3) is 16.6 Å². The molecular weight excluding hydrogens is 594 g/mol. The minimum atomic E-state index is -3.55. The number of carbonyl (C=O) groups excluding carboxylic acids is 2. The van der Waals surface area contributed by atoms with Crippen molar-refractivity contribution < 1.29 is 32.6 Å². The third-order valence-corrected chi connectivity index (χ3v) is 7.64. The Kier molecular flexibility index (Phi) is 8.67. The minimum absolute atomic E-state index is 0.0955. The summed E-state index contributed by atoms with van der Waals surface area (Å²) in [5.41, 5.74) is 4.43. The van der Waals surface area contributed by atoms with E-state index in [2.05, 4.69) is 15.7 Å². The van der Waals surface area contributed by atoms with Crippen molar-refractivity contribution >= 4 is 22.7 Å². The lowest BCUT2D eigenvalue weighted by Gasteiger charge is -2.28. The number of aromatic nitrogens is 2. The molecule has 0 saturated heterocycles. The van der Waals surface area contributed by atoms with E-state index in [1.807, 2.05) is 48.5 Å². The number of benzene rings is 4. The van der Waals surface area contributed by atoms with E-state index < -0.39 is 24.0 Å². The third-order valence-electron chi connectivity index (χ3n) is 7.64. The molecule has 0 bridgehead atoms. The fourth-order valence-electron chi connectivity index (χ4n) is 5.22. The number of alkyl halides is 2. The number of halogens is 2. The summed E-state index contributed by atoms with van der Waals surface area (Å²) in [5, 5.41) is 10.6. The van der Waals surface area contributed by atoms with Crippen molar-refractivity contribution in [2.24, 2.45) is 0 Å². The van der Waals surface area contributed by atoms with E-state index in [-0.39, 0.29) is 12.7 Å². The Labute approximate surface area is 264 Å². The monoisotopic (exact) mass is 626 g/mol. The van der Waals surface area contributed by atoms with Gasteiger partial charge in [-0.3, -0.25) is 9.59 Å². The van der Waals surface area contributed by atoms with Crippen LogP contribution in [0.15, 0.2) is 97.2 Å². The van der Waals surface area contributed by atoms with Crippen LogP contribution >= 0.6 is 0 Å². The van der Waals surface area contributed by atoms with Gasteiger partial charge in [-0.15, -0.1) is 0 Å². The van der Waals surface area contributed by atoms with E-state index >= 15 is 0 Å². The molecule has 0 spiro atoms. The Hall–Kier alpha value is -5.29. The van der Waals surface area contributed by atoms with E-state index in [1.54, 1.807) is 60.3 Å². The Bertz CT molecular complexity index is 1870. The first kappa shape index (κ1) is 30.7.